The fourth-order valence-corrected chi connectivity index (χ4v) is 3.01. The van der Waals surface area contributed by atoms with E-state index in [1.165, 1.54) is 0 Å². The van der Waals surface area contributed by atoms with E-state index in [0.717, 1.165) is 12.0 Å². The molecule has 4 N–H and O–H groups in total. The maximum Gasteiger partial charge on any atom is 0.315 e. The summed E-state index contributed by atoms with van der Waals surface area (Å²) in [7, 11) is 0. The van der Waals surface area contributed by atoms with Crippen molar-refractivity contribution in [3.63, 3.8) is 0 Å². The fraction of sp³-hybridized carbons (Fsp3) is 0.556. The summed E-state index contributed by atoms with van der Waals surface area (Å²) in [6.45, 7) is 0.211. The van der Waals surface area contributed by atoms with Gasteiger partial charge in [0.25, 0.3) is 0 Å². The quantitative estimate of drug-likeness (QED) is 0.612. The molecule has 0 heterocycles. The number of carbonyl (C=O) groups excluding carboxylic acids is 1. The molecule has 24 heavy (non-hydrogen) atoms. The van der Waals surface area contributed by atoms with Crippen LogP contribution in [0.4, 0.5) is 4.79 Å². The summed E-state index contributed by atoms with van der Waals surface area (Å²) >= 11 is 0. The molecule has 2 rings (SSSR count). The maximum absolute atomic E-state index is 11.9. The summed E-state index contributed by atoms with van der Waals surface area (Å²) in [5.74, 6) is -1.04. The predicted molar refractivity (Wildman–Crippen MR) is 90.7 cm³/mol. The summed E-state index contributed by atoms with van der Waals surface area (Å²) in [6.07, 6.45) is 3.33. The number of amides is 2. The van der Waals surface area contributed by atoms with E-state index < -0.39 is 12.1 Å². The molecule has 132 valence electrons. The molecular weight excluding hydrogens is 308 g/mol. The minimum Gasteiger partial charge on any atom is -0.481 e. The Morgan fingerprint density at radius 2 is 1.79 bits per heavy atom. The standard InChI is InChI=1S/C18H26N2O4/c21-16(11-6-13-4-2-1-3-5-13)12-19-18(24)20-15-9-7-14(8-10-15)17(22)23/h1-5,14-16,21H,6-12H2,(H,22,23)(H2,19,20,24). The van der Waals surface area contributed by atoms with Gasteiger partial charge in [0.2, 0.25) is 0 Å². The smallest absolute Gasteiger partial charge is 0.315 e. The molecule has 6 heteroatoms. The number of urea groups is 1. The molecule has 2 amide bonds. The lowest BCUT2D eigenvalue weighted by Gasteiger charge is -2.27. The number of rotatable bonds is 7. The number of carboxylic acids is 1. The summed E-state index contributed by atoms with van der Waals surface area (Å²) in [6, 6.07) is 9.63. The number of benzene rings is 1. The average Bonchev–Trinajstić information content (AvgIpc) is 2.59. The molecule has 0 aromatic heterocycles. The molecule has 0 aliphatic heterocycles. The number of aryl methyl sites for hydroxylation is 1. The van der Waals surface area contributed by atoms with Crippen LogP contribution in [-0.2, 0) is 11.2 Å². The Labute approximate surface area is 142 Å². The molecule has 1 saturated carbocycles. The lowest BCUT2D eigenvalue weighted by atomic mass is 9.86. The zero-order chi connectivity index (χ0) is 17.4. The molecule has 1 unspecified atom stereocenters. The topological polar surface area (TPSA) is 98.7 Å². The van der Waals surface area contributed by atoms with Crippen molar-refractivity contribution >= 4 is 12.0 Å². The Morgan fingerprint density at radius 3 is 2.42 bits per heavy atom. The Kier molecular flexibility index (Phi) is 7.06. The molecule has 1 atom stereocenters. The first-order chi connectivity index (χ1) is 11.5. The van der Waals surface area contributed by atoms with Gasteiger partial charge in [-0.2, -0.15) is 0 Å². The fourth-order valence-electron chi connectivity index (χ4n) is 3.01. The number of hydrogen-bond donors (Lipinski definition) is 4. The summed E-state index contributed by atoms with van der Waals surface area (Å²) in [4.78, 5) is 22.8. The Balaban J connectivity index is 1.60. The van der Waals surface area contributed by atoms with Gasteiger partial charge in [0.15, 0.2) is 0 Å². The highest BCUT2D eigenvalue weighted by Gasteiger charge is 2.26. The van der Waals surface area contributed by atoms with E-state index in [-0.39, 0.29) is 24.5 Å². The van der Waals surface area contributed by atoms with Crippen molar-refractivity contribution in [1.82, 2.24) is 10.6 Å². The number of aliphatic carboxylic acids is 1. The van der Waals surface area contributed by atoms with Crippen LogP contribution >= 0.6 is 0 Å². The van der Waals surface area contributed by atoms with Crippen molar-refractivity contribution < 1.29 is 19.8 Å². The van der Waals surface area contributed by atoms with E-state index in [4.69, 9.17) is 5.11 Å². The first-order valence-corrected chi connectivity index (χ1v) is 8.53. The third kappa shape index (κ3) is 6.20. The van der Waals surface area contributed by atoms with Gasteiger partial charge >= 0.3 is 12.0 Å². The van der Waals surface area contributed by atoms with Crippen molar-refractivity contribution in [2.45, 2.75) is 50.7 Å². The molecule has 1 aromatic carbocycles. The second-order valence-electron chi connectivity index (χ2n) is 6.42. The number of nitrogens with one attached hydrogen (secondary N) is 2. The monoisotopic (exact) mass is 334 g/mol. The third-order valence-corrected chi connectivity index (χ3v) is 4.52. The van der Waals surface area contributed by atoms with Crippen molar-refractivity contribution in [3.8, 4) is 0 Å². The van der Waals surface area contributed by atoms with Gasteiger partial charge in [-0.25, -0.2) is 4.79 Å². The van der Waals surface area contributed by atoms with Crippen LogP contribution in [0.25, 0.3) is 0 Å². The molecule has 6 nitrogen and oxygen atoms in total. The number of carbonyl (C=O) groups is 2. The van der Waals surface area contributed by atoms with Crippen LogP contribution in [0.15, 0.2) is 30.3 Å². The third-order valence-electron chi connectivity index (χ3n) is 4.52. The zero-order valence-corrected chi connectivity index (χ0v) is 13.8. The van der Waals surface area contributed by atoms with Gasteiger partial charge in [-0.3, -0.25) is 4.79 Å². The van der Waals surface area contributed by atoms with Gasteiger partial charge in [-0.1, -0.05) is 30.3 Å². The zero-order valence-electron chi connectivity index (χ0n) is 13.8. The lowest BCUT2D eigenvalue weighted by molar-refractivity contribution is -0.142. The number of carboxylic acid groups (broad SMARTS) is 1. The van der Waals surface area contributed by atoms with E-state index in [0.29, 0.717) is 32.1 Å². The minimum atomic E-state index is -0.751. The van der Waals surface area contributed by atoms with Crippen LogP contribution in [0.3, 0.4) is 0 Å². The van der Waals surface area contributed by atoms with E-state index in [1.807, 2.05) is 30.3 Å². The SMILES string of the molecule is O=C(NCC(O)CCc1ccccc1)NC1CCC(C(=O)O)CC1. The number of hydrogen-bond acceptors (Lipinski definition) is 3. The van der Waals surface area contributed by atoms with Gasteiger partial charge in [-0.15, -0.1) is 0 Å². The first-order valence-electron chi connectivity index (χ1n) is 8.53. The van der Waals surface area contributed by atoms with E-state index in [9.17, 15) is 14.7 Å². The highest BCUT2D eigenvalue weighted by Crippen LogP contribution is 2.24. The van der Waals surface area contributed by atoms with Crippen molar-refractivity contribution in [1.29, 1.82) is 0 Å². The predicted octanol–water partition coefficient (Wildman–Crippen LogP) is 1.92. The second-order valence-corrected chi connectivity index (χ2v) is 6.42. The van der Waals surface area contributed by atoms with Gasteiger partial charge in [-0.05, 0) is 44.1 Å². The van der Waals surface area contributed by atoms with E-state index in [1.54, 1.807) is 0 Å². The van der Waals surface area contributed by atoms with Gasteiger partial charge in [0.05, 0.1) is 12.0 Å². The van der Waals surface area contributed by atoms with Crippen LogP contribution < -0.4 is 10.6 Å². The lowest BCUT2D eigenvalue weighted by Crippen LogP contribution is -2.46. The first kappa shape index (κ1) is 18.3. The molecule has 1 fully saturated rings. The van der Waals surface area contributed by atoms with Crippen molar-refractivity contribution in [2.24, 2.45) is 5.92 Å². The van der Waals surface area contributed by atoms with E-state index >= 15 is 0 Å². The minimum absolute atomic E-state index is 0.0158. The van der Waals surface area contributed by atoms with Gasteiger partial charge < -0.3 is 20.8 Å². The molecule has 0 bridgehead atoms. The van der Waals surface area contributed by atoms with Gasteiger partial charge in [0, 0.05) is 12.6 Å². The van der Waals surface area contributed by atoms with E-state index in [2.05, 4.69) is 10.6 Å². The van der Waals surface area contributed by atoms with Crippen molar-refractivity contribution in [3.05, 3.63) is 35.9 Å². The molecule has 1 aliphatic carbocycles. The van der Waals surface area contributed by atoms with Crippen molar-refractivity contribution in [2.75, 3.05) is 6.54 Å². The number of aliphatic hydroxyl groups is 1. The van der Waals surface area contributed by atoms with Gasteiger partial charge in [0.1, 0.15) is 0 Å². The largest absolute Gasteiger partial charge is 0.481 e. The normalized spacial score (nSPS) is 21.7. The molecule has 1 aromatic rings. The molecule has 0 spiro atoms. The molecule has 1 aliphatic rings. The highest BCUT2D eigenvalue weighted by atomic mass is 16.4. The van der Waals surface area contributed by atoms with Crippen LogP contribution in [0.2, 0.25) is 0 Å². The summed E-state index contributed by atoms with van der Waals surface area (Å²) in [5, 5.41) is 24.4. The van der Waals surface area contributed by atoms with Crippen LogP contribution in [0.1, 0.15) is 37.7 Å². The second kappa shape index (κ2) is 9.27. The summed E-state index contributed by atoms with van der Waals surface area (Å²) in [5.41, 5.74) is 1.16. The molecule has 0 radical (unpaired) electrons. The molecular formula is C18H26N2O4. The molecule has 0 saturated heterocycles. The Hall–Kier alpha value is -2.08. The van der Waals surface area contributed by atoms with Crippen LogP contribution in [0, 0.1) is 5.92 Å². The Morgan fingerprint density at radius 1 is 1.12 bits per heavy atom. The highest BCUT2D eigenvalue weighted by molar-refractivity contribution is 5.74. The average molecular weight is 334 g/mol. The maximum atomic E-state index is 11.9. The summed E-state index contributed by atoms with van der Waals surface area (Å²) < 4.78 is 0. The van der Waals surface area contributed by atoms with Crippen LogP contribution in [-0.4, -0.2) is 40.9 Å². The number of aliphatic hydroxyl groups excluding tert-OH is 1. The Bertz CT molecular complexity index is 527. The van der Waals surface area contributed by atoms with Crippen LogP contribution in [0.5, 0.6) is 0 Å².